The van der Waals surface area contributed by atoms with Crippen LogP contribution in [-0.4, -0.2) is 29.4 Å². The molecule has 3 nitrogen and oxygen atoms in total. The fourth-order valence-electron chi connectivity index (χ4n) is 2.14. The molecule has 94 valence electrons. The van der Waals surface area contributed by atoms with Gasteiger partial charge in [-0.3, -0.25) is 0 Å². The second-order valence-electron chi connectivity index (χ2n) is 4.66. The minimum Gasteiger partial charge on any atom is -0.395 e. The molecular weight excluding hydrogens is 214 g/mol. The first-order chi connectivity index (χ1) is 8.26. The first-order valence-corrected chi connectivity index (χ1v) is 6.41. The highest BCUT2D eigenvalue weighted by Crippen LogP contribution is 2.32. The van der Waals surface area contributed by atoms with Gasteiger partial charge in [-0.15, -0.1) is 0 Å². The van der Waals surface area contributed by atoms with E-state index in [1.165, 1.54) is 12.8 Å². The van der Waals surface area contributed by atoms with Crippen LogP contribution in [-0.2, 0) is 0 Å². The molecule has 0 aromatic heterocycles. The fourth-order valence-corrected chi connectivity index (χ4v) is 2.14. The lowest BCUT2D eigenvalue weighted by Gasteiger charge is -2.24. The molecule has 0 radical (unpaired) electrons. The maximum absolute atomic E-state index is 9.73. The van der Waals surface area contributed by atoms with Gasteiger partial charge in [0.15, 0.2) is 0 Å². The molecule has 1 saturated carbocycles. The summed E-state index contributed by atoms with van der Waals surface area (Å²) in [7, 11) is 0. The first-order valence-electron chi connectivity index (χ1n) is 6.41. The van der Waals surface area contributed by atoms with E-state index in [0.717, 1.165) is 17.7 Å². The second-order valence-corrected chi connectivity index (χ2v) is 4.66. The summed E-state index contributed by atoms with van der Waals surface area (Å²) in [5.41, 5.74) is 2.12. The Kier molecular flexibility index (Phi) is 4.02. The Morgan fingerprint density at radius 1 is 1.29 bits per heavy atom. The summed E-state index contributed by atoms with van der Waals surface area (Å²) in [5, 5.41) is 18.8. The van der Waals surface area contributed by atoms with E-state index in [0.29, 0.717) is 12.6 Å². The third kappa shape index (κ3) is 2.99. The molecule has 0 unspecified atom stereocenters. The van der Waals surface area contributed by atoms with Gasteiger partial charge in [-0.1, -0.05) is 19.1 Å². The van der Waals surface area contributed by atoms with Crippen LogP contribution in [0.15, 0.2) is 24.3 Å². The summed E-state index contributed by atoms with van der Waals surface area (Å²) in [4.78, 5) is 2.25. The number of nitrogens with zero attached hydrogens (tertiary/aromatic N) is 1. The predicted octanol–water partition coefficient (Wildman–Crippen LogP) is 2.09. The largest absolute Gasteiger partial charge is 0.395 e. The van der Waals surface area contributed by atoms with Crippen molar-refractivity contribution in [2.24, 2.45) is 0 Å². The smallest absolute Gasteiger partial charge is 0.0787 e. The van der Waals surface area contributed by atoms with Gasteiger partial charge in [0.2, 0.25) is 0 Å². The number of hydrogen-bond donors (Lipinski definition) is 2. The van der Waals surface area contributed by atoms with Gasteiger partial charge < -0.3 is 15.1 Å². The maximum Gasteiger partial charge on any atom is 0.0787 e. The monoisotopic (exact) mass is 235 g/mol. The lowest BCUT2D eigenvalue weighted by Crippen LogP contribution is -2.28. The fraction of sp³-hybridized carbons (Fsp3) is 0.571. The van der Waals surface area contributed by atoms with E-state index in [2.05, 4.69) is 4.90 Å². The molecular formula is C14H21NO2. The summed E-state index contributed by atoms with van der Waals surface area (Å²) in [6.07, 6.45) is 2.82. The molecule has 1 aromatic carbocycles. The molecule has 1 aliphatic rings. The molecule has 2 rings (SSSR count). The van der Waals surface area contributed by atoms with E-state index >= 15 is 0 Å². The molecule has 1 aliphatic carbocycles. The maximum atomic E-state index is 9.73. The highest BCUT2D eigenvalue weighted by molar-refractivity contribution is 5.50. The summed E-state index contributed by atoms with van der Waals surface area (Å²) in [5.74, 6) is 0. The van der Waals surface area contributed by atoms with Crippen molar-refractivity contribution in [2.75, 3.05) is 18.1 Å². The van der Waals surface area contributed by atoms with Crippen LogP contribution in [0, 0.1) is 0 Å². The number of hydrogen-bond acceptors (Lipinski definition) is 3. The van der Waals surface area contributed by atoms with Gasteiger partial charge in [0.25, 0.3) is 0 Å². The van der Waals surface area contributed by atoms with Crippen LogP contribution in [0.2, 0.25) is 0 Å². The summed E-state index contributed by atoms with van der Waals surface area (Å²) in [6.45, 7) is 2.86. The highest BCUT2D eigenvalue weighted by Gasteiger charge is 2.28. The Bertz CT molecular complexity index is 346. The normalized spacial score (nSPS) is 16.9. The molecule has 0 aliphatic heterocycles. The molecule has 2 N–H and O–H groups in total. The number of benzene rings is 1. The number of rotatable bonds is 6. The van der Waals surface area contributed by atoms with E-state index in [1.54, 1.807) is 0 Å². The molecule has 3 heteroatoms. The Hall–Kier alpha value is -1.06. The third-order valence-electron chi connectivity index (χ3n) is 3.32. The van der Waals surface area contributed by atoms with E-state index in [1.807, 2.05) is 31.2 Å². The van der Waals surface area contributed by atoms with Crippen molar-refractivity contribution in [3.8, 4) is 0 Å². The number of aliphatic hydroxyl groups excluding tert-OH is 2. The minimum absolute atomic E-state index is 0.190. The van der Waals surface area contributed by atoms with Crippen molar-refractivity contribution in [1.82, 2.24) is 0 Å². The van der Waals surface area contributed by atoms with E-state index in [-0.39, 0.29) is 12.7 Å². The zero-order valence-corrected chi connectivity index (χ0v) is 10.3. The SMILES string of the molecule is CC[C@H](O)c1ccc(N(CCO)C2CC2)cc1. The molecule has 0 saturated heterocycles. The lowest BCUT2D eigenvalue weighted by atomic mass is 10.1. The van der Waals surface area contributed by atoms with Crippen molar-refractivity contribution < 1.29 is 10.2 Å². The van der Waals surface area contributed by atoms with Gasteiger partial charge in [0.05, 0.1) is 12.7 Å². The lowest BCUT2D eigenvalue weighted by molar-refractivity contribution is 0.173. The van der Waals surface area contributed by atoms with E-state index in [9.17, 15) is 5.11 Å². The van der Waals surface area contributed by atoms with Gasteiger partial charge in [-0.2, -0.15) is 0 Å². The Balaban J connectivity index is 2.09. The molecule has 0 heterocycles. The standard InChI is InChI=1S/C14H21NO2/c1-2-14(17)11-3-5-12(6-4-11)15(9-10-16)13-7-8-13/h3-6,13-14,16-17H,2,7-10H2,1H3/t14-/m0/s1. The molecule has 0 bridgehead atoms. The molecule has 1 fully saturated rings. The van der Waals surface area contributed by atoms with Crippen molar-refractivity contribution in [1.29, 1.82) is 0 Å². The highest BCUT2D eigenvalue weighted by atomic mass is 16.3. The van der Waals surface area contributed by atoms with E-state index < -0.39 is 0 Å². The predicted molar refractivity (Wildman–Crippen MR) is 69.1 cm³/mol. The van der Waals surface area contributed by atoms with Gasteiger partial charge in [0, 0.05) is 18.3 Å². The van der Waals surface area contributed by atoms with Crippen molar-refractivity contribution in [3.05, 3.63) is 29.8 Å². The minimum atomic E-state index is -0.365. The zero-order chi connectivity index (χ0) is 12.3. The Labute approximate surface area is 103 Å². The topological polar surface area (TPSA) is 43.7 Å². The van der Waals surface area contributed by atoms with Crippen LogP contribution in [0.4, 0.5) is 5.69 Å². The third-order valence-corrected chi connectivity index (χ3v) is 3.32. The summed E-state index contributed by atoms with van der Waals surface area (Å²) < 4.78 is 0. The molecule has 1 atom stereocenters. The van der Waals surface area contributed by atoms with Gasteiger partial charge >= 0.3 is 0 Å². The summed E-state index contributed by atoms with van der Waals surface area (Å²) >= 11 is 0. The second kappa shape index (κ2) is 5.52. The Morgan fingerprint density at radius 2 is 1.94 bits per heavy atom. The van der Waals surface area contributed by atoms with Crippen LogP contribution in [0.3, 0.4) is 0 Å². The molecule has 17 heavy (non-hydrogen) atoms. The van der Waals surface area contributed by atoms with Crippen LogP contribution in [0.5, 0.6) is 0 Å². The quantitative estimate of drug-likeness (QED) is 0.793. The first kappa shape index (κ1) is 12.4. The van der Waals surface area contributed by atoms with Crippen LogP contribution < -0.4 is 4.90 Å². The van der Waals surface area contributed by atoms with Crippen LogP contribution in [0.25, 0.3) is 0 Å². The number of aliphatic hydroxyl groups is 2. The van der Waals surface area contributed by atoms with Gasteiger partial charge in [0.1, 0.15) is 0 Å². The molecule has 0 amide bonds. The van der Waals surface area contributed by atoms with Gasteiger partial charge in [-0.05, 0) is 37.0 Å². The van der Waals surface area contributed by atoms with Gasteiger partial charge in [-0.25, -0.2) is 0 Å². The van der Waals surface area contributed by atoms with E-state index in [4.69, 9.17) is 5.11 Å². The van der Waals surface area contributed by atoms with Crippen molar-refractivity contribution in [3.63, 3.8) is 0 Å². The number of anilines is 1. The van der Waals surface area contributed by atoms with Crippen LogP contribution in [0.1, 0.15) is 37.9 Å². The average Bonchev–Trinajstić information content (AvgIpc) is 3.19. The van der Waals surface area contributed by atoms with Crippen molar-refractivity contribution in [2.45, 2.75) is 38.3 Å². The zero-order valence-electron chi connectivity index (χ0n) is 10.3. The molecule has 0 spiro atoms. The Morgan fingerprint density at radius 3 is 2.41 bits per heavy atom. The van der Waals surface area contributed by atoms with Crippen LogP contribution >= 0.6 is 0 Å². The summed E-state index contributed by atoms with van der Waals surface area (Å²) in [6, 6.07) is 8.65. The average molecular weight is 235 g/mol. The molecule has 1 aromatic rings. The van der Waals surface area contributed by atoms with Crippen molar-refractivity contribution >= 4 is 5.69 Å².